The van der Waals surface area contributed by atoms with E-state index in [1.165, 1.54) is 19.2 Å². The van der Waals surface area contributed by atoms with Crippen molar-refractivity contribution in [3.8, 4) is 0 Å². The van der Waals surface area contributed by atoms with Crippen molar-refractivity contribution >= 4 is 5.97 Å². The van der Waals surface area contributed by atoms with Gasteiger partial charge in [0.25, 0.3) is 0 Å². The predicted octanol–water partition coefficient (Wildman–Crippen LogP) is 4.61. The minimum Gasteiger partial charge on any atom is -0.469 e. The average molecular weight is 278 g/mol. The fourth-order valence-electron chi connectivity index (χ4n) is 2.35. The van der Waals surface area contributed by atoms with Crippen LogP contribution in [-0.4, -0.2) is 13.1 Å². The monoisotopic (exact) mass is 278 g/mol. The van der Waals surface area contributed by atoms with Crippen LogP contribution in [0.15, 0.2) is 36.4 Å². The number of ether oxygens (including phenoxy) is 1. The van der Waals surface area contributed by atoms with Crippen LogP contribution in [0.2, 0.25) is 0 Å². The third kappa shape index (κ3) is 5.16. The molecule has 0 saturated heterocycles. The van der Waals surface area contributed by atoms with E-state index in [4.69, 9.17) is 0 Å². The van der Waals surface area contributed by atoms with Gasteiger partial charge in [0.2, 0.25) is 0 Å². The molecule has 0 heterocycles. The summed E-state index contributed by atoms with van der Waals surface area (Å²) in [5.41, 5.74) is 2.25. The van der Waals surface area contributed by atoms with Crippen molar-refractivity contribution in [2.45, 2.75) is 44.9 Å². The molecule has 110 valence electrons. The van der Waals surface area contributed by atoms with E-state index < -0.39 is 0 Å². The number of esters is 1. The van der Waals surface area contributed by atoms with Gasteiger partial charge in [-0.15, -0.1) is 0 Å². The Morgan fingerprint density at radius 2 is 1.85 bits per heavy atom. The molecule has 0 aliphatic carbocycles. The Balaban J connectivity index is 2.47. The molecule has 2 nitrogen and oxygen atoms in total. The fourth-order valence-corrected chi connectivity index (χ4v) is 2.35. The summed E-state index contributed by atoms with van der Waals surface area (Å²) >= 11 is 0. The van der Waals surface area contributed by atoms with Gasteiger partial charge in [0.15, 0.2) is 0 Å². The van der Waals surface area contributed by atoms with Gasteiger partial charge in [-0.3, -0.25) is 4.79 Å². The maximum absolute atomic E-state index is 12.9. The van der Waals surface area contributed by atoms with Gasteiger partial charge in [-0.05, 0) is 43.4 Å². The van der Waals surface area contributed by atoms with E-state index in [0.717, 1.165) is 36.8 Å². The molecule has 0 radical (unpaired) electrons. The molecule has 1 rings (SSSR count). The number of halogens is 1. The van der Waals surface area contributed by atoms with Gasteiger partial charge < -0.3 is 4.74 Å². The number of allylic oxidation sites excluding steroid dienone is 1. The molecule has 0 aliphatic heterocycles. The lowest BCUT2D eigenvalue weighted by molar-refractivity contribution is -0.140. The lowest BCUT2D eigenvalue weighted by atomic mass is 9.87. The number of carbonyl (C=O) groups excluding carboxylic acids is 1. The van der Waals surface area contributed by atoms with E-state index in [1.54, 1.807) is 0 Å². The van der Waals surface area contributed by atoms with Crippen molar-refractivity contribution in [1.29, 1.82) is 0 Å². The lowest BCUT2D eigenvalue weighted by Gasteiger charge is -2.18. The second kappa shape index (κ2) is 8.51. The molecule has 1 aromatic rings. The fraction of sp³-hybridized carbons (Fsp3) is 0.471. The first kappa shape index (κ1) is 16.4. The summed E-state index contributed by atoms with van der Waals surface area (Å²) in [4.78, 5) is 11.0. The highest BCUT2D eigenvalue weighted by Gasteiger charge is 2.13. The predicted molar refractivity (Wildman–Crippen MR) is 79.1 cm³/mol. The van der Waals surface area contributed by atoms with E-state index in [0.29, 0.717) is 6.42 Å². The minimum atomic E-state index is -0.215. The molecular weight excluding hydrogens is 255 g/mol. The Bertz CT molecular complexity index is 437. The summed E-state index contributed by atoms with van der Waals surface area (Å²) in [5, 5.41) is 0. The third-order valence-corrected chi connectivity index (χ3v) is 3.53. The Hall–Kier alpha value is -1.64. The first-order valence-corrected chi connectivity index (χ1v) is 7.08. The van der Waals surface area contributed by atoms with E-state index in [-0.39, 0.29) is 17.7 Å². The average Bonchev–Trinajstić information content (AvgIpc) is 2.46. The van der Waals surface area contributed by atoms with Crippen molar-refractivity contribution in [2.24, 2.45) is 0 Å². The second-order valence-electron chi connectivity index (χ2n) is 4.95. The van der Waals surface area contributed by atoms with Crippen LogP contribution in [0.4, 0.5) is 4.39 Å². The number of carbonyl (C=O) groups is 1. The first-order chi connectivity index (χ1) is 9.58. The van der Waals surface area contributed by atoms with Crippen LogP contribution in [0.25, 0.3) is 0 Å². The van der Waals surface area contributed by atoms with E-state index in [2.05, 4.69) is 18.2 Å². The number of methoxy groups -OCH3 is 1. The van der Waals surface area contributed by atoms with Crippen molar-refractivity contribution in [3.63, 3.8) is 0 Å². The van der Waals surface area contributed by atoms with Gasteiger partial charge >= 0.3 is 5.97 Å². The van der Waals surface area contributed by atoms with Gasteiger partial charge in [-0.25, -0.2) is 4.39 Å². The highest BCUT2D eigenvalue weighted by molar-refractivity contribution is 5.68. The molecule has 1 unspecified atom stereocenters. The Morgan fingerprint density at radius 1 is 1.25 bits per heavy atom. The zero-order valence-electron chi connectivity index (χ0n) is 12.3. The Labute approximate surface area is 120 Å². The second-order valence-corrected chi connectivity index (χ2v) is 4.95. The first-order valence-electron chi connectivity index (χ1n) is 7.08. The summed E-state index contributed by atoms with van der Waals surface area (Å²) < 4.78 is 17.6. The van der Waals surface area contributed by atoms with E-state index >= 15 is 0 Å². The summed E-state index contributed by atoms with van der Waals surface area (Å²) in [7, 11) is 1.41. The maximum Gasteiger partial charge on any atom is 0.305 e. The van der Waals surface area contributed by atoms with Crippen LogP contribution in [0.3, 0.4) is 0 Å². The standard InChI is InChI=1S/C17H23FO2/c1-4-16(14-9-11-15(18)12-10-14)13(2)7-5-6-8-17(19)20-3/h9-12,16H,2,4-8H2,1,3H3. The summed E-state index contributed by atoms with van der Waals surface area (Å²) in [6.45, 7) is 6.26. The van der Waals surface area contributed by atoms with Gasteiger partial charge in [-0.1, -0.05) is 31.2 Å². The van der Waals surface area contributed by atoms with Crippen molar-refractivity contribution in [1.82, 2.24) is 0 Å². The Kier molecular flexibility index (Phi) is 6.99. The van der Waals surface area contributed by atoms with Crippen LogP contribution < -0.4 is 0 Å². The van der Waals surface area contributed by atoms with E-state index in [9.17, 15) is 9.18 Å². The van der Waals surface area contributed by atoms with Gasteiger partial charge in [0.05, 0.1) is 7.11 Å². The summed E-state index contributed by atoms with van der Waals surface area (Å²) in [5.74, 6) is -0.123. The van der Waals surface area contributed by atoms with Gasteiger partial charge in [0.1, 0.15) is 5.82 Å². The lowest BCUT2D eigenvalue weighted by Crippen LogP contribution is -2.02. The Morgan fingerprint density at radius 3 is 2.40 bits per heavy atom. The zero-order chi connectivity index (χ0) is 15.0. The molecule has 1 aromatic carbocycles. The number of unbranched alkanes of at least 4 members (excludes halogenated alkanes) is 1. The minimum absolute atomic E-state index is 0.166. The molecule has 0 fully saturated rings. The number of benzene rings is 1. The topological polar surface area (TPSA) is 26.3 Å². The number of hydrogen-bond donors (Lipinski definition) is 0. The molecule has 3 heteroatoms. The van der Waals surface area contributed by atoms with Crippen LogP contribution in [0, 0.1) is 5.82 Å². The molecule has 20 heavy (non-hydrogen) atoms. The van der Waals surface area contributed by atoms with Gasteiger partial charge in [0, 0.05) is 12.3 Å². The van der Waals surface area contributed by atoms with Crippen molar-refractivity contribution in [2.75, 3.05) is 7.11 Å². The molecule has 1 atom stereocenters. The van der Waals surface area contributed by atoms with Crippen LogP contribution in [0.5, 0.6) is 0 Å². The largest absolute Gasteiger partial charge is 0.469 e. The van der Waals surface area contributed by atoms with Gasteiger partial charge in [-0.2, -0.15) is 0 Å². The number of rotatable bonds is 8. The van der Waals surface area contributed by atoms with Crippen LogP contribution in [0.1, 0.15) is 50.5 Å². The molecule has 0 amide bonds. The molecule has 0 N–H and O–H groups in total. The summed E-state index contributed by atoms with van der Waals surface area (Å²) in [6, 6.07) is 6.62. The highest BCUT2D eigenvalue weighted by Crippen LogP contribution is 2.30. The maximum atomic E-state index is 12.9. The van der Waals surface area contributed by atoms with Crippen molar-refractivity contribution in [3.05, 3.63) is 47.8 Å². The van der Waals surface area contributed by atoms with Crippen LogP contribution in [-0.2, 0) is 9.53 Å². The molecule has 0 saturated carbocycles. The van der Waals surface area contributed by atoms with E-state index in [1.807, 2.05) is 12.1 Å². The summed E-state index contributed by atoms with van der Waals surface area (Å²) in [6.07, 6.45) is 4.02. The van der Waals surface area contributed by atoms with Crippen LogP contribution >= 0.6 is 0 Å². The normalized spacial score (nSPS) is 11.9. The van der Waals surface area contributed by atoms with Crippen molar-refractivity contribution < 1.29 is 13.9 Å². The highest BCUT2D eigenvalue weighted by atomic mass is 19.1. The molecule has 0 aliphatic rings. The molecular formula is C17H23FO2. The zero-order valence-corrected chi connectivity index (χ0v) is 12.3. The third-order valence-electron chi connectivity index (χ3n) is 3.53. The molecule has 0 bridgehead atoms. The molecule has 0 aromatic heterocycles. The molecule has 0 spiro atoms. The quantitative estimate of drug-likeness (QED) is 0.394. The smallest absolute Gasteiger partial charge is 0.305 e. The number of hydrogen-bond acceptors (Lipinski definition) is 2. The SMILES string of the molecule is C=C(CCCCC(=O)OC)C(CC)c1ccc(F)cc1.